The third kappa shape index (κ3) is 5.66. The number of aromatic hydroxyl groups is 1. The Labute approximate surface area is 170 Å². The van der Waals surface area contributed by atoms with Gasteiger partial charge in [0, 0.05) is 17.7 Å². The van der Waals surface area contributed by atoms with E-state index in [9.17, 15) is 20.0 Å². The fourth-order valence-corrected chi connectivity index (χ4v) is 2.82. The molecule has 2 rings (SSSR count). The van der Waals surface area contributed by atoms with Crippen molar-refractivity contribution in [2.75, 3.05) is 13.7 Å². The van der Waals surface area contributed by atoms with E-state index in [4.69, 9.17) is 9.47 Å². The fraction of sp³-hybridized carbons (Fsp3) is 0.125. The number of non-ortho nitro benzene ring substituents is 1. The molecule has 0 saturated heterocycles. The summed E-state index contributed by atoms with van der Waals surface area (Å²) in [6, 6.07) is 7.29. The van der Waals surface area contributed by atoms with E-state index >= 15 is 0 Å². The lowest BCUT2D eigenvalue weighted by atomic mass is 10.2. The van der Waals surface area contributed by atoms with Crippen molar-refractivity contribution in [2.24, 2.45) is 5.10 Å². The van der Waals surface area contributed by atoms with Crippen LogP contribution in [0.1, 0.15) is 5.56 Å². The summed E-state index contributed by atoms with van der Waals surface area (Å²) in [5, 5.41) is 24.4. The molecular weight excluding hydrogens is 490 g/mol. The van der Waals surface area contributed by atoms with Crippen LogP contribution in [0.2, 0.25) is 0 Å². The highest BCUT2D eigenvalue weighted by atomic mass is 79.9. The quantitative estimate of drug-likeness (QED) is 0.340. The van der Waals surface area contributed by atoms with Crippen molar-refractivity contribution < 1.29 is 24.3 Å². The Kier molecular flexibility index (Phi) is 7.13. The van der Waals surface area contributed by atoms with Gasteiger partial charge in [0.1, 0.15) is 17.2 Å². The third-order valence-corrected chi connectivity index (χ3v) is 4.40. The minimum Gasteiger partial charge on any atom is -0.506 e. The Balaban J connectivity index is 1.97. The zero-order valence-corrected chi connectivity index (χ0v) is 17.0. The maximum Gasteiger partial charge on any atom is 0.277 e. The summed E-state index contributed by atoms with van der Waals surface area (Å²) < 4.78 is 11.2. The number of hydrogen-bond donors (Lipinski definition) is 2. The second-order valence-corrected chi connectivity index (χ2v) is 6.71. The number of hydrogen-bond acceptors (Lipinski definition) is 7. The number of amides is 1. The predicted molar refractivity (Wildman–Crippen MR) is 104 cm³/mol. The Morgan fingerprint density at radius 1 is 1.33 bits per heavy atom. The van der Waals surface area contributed by atoms with Gasteiger partial charge in [0.2, 0.25) is 0 Å². The minimum absolute atomic E-state index is 0.0650. The second-order valence-electron chi connectivity index (χ2n) is 5.00. The summed E-state index contributed by atoms with van der Waals surface area (Å²) in [5.74, 6) is 0.274. The van der Waals surface area contributed by atoms with Crippen LogP contribution in [0, 0.1) is 10.1 Å². The van der Waals surface area contributed by atoms with E-state index in [2.05, 4.69) is 42.4 Å². The average molecular weight is 503 g/mol. The van der Waals surface area contributed by atoms with Crippen molar-refractivity contribution in [1.82, 2.24) is 5.43 Å². The number of nitro groups is 1. The number of halogens is 2. The number of nitrogens with one attached hydrogen (secondary N) is 1. The first-order valence-corrected chi connectivity index (χ1v) is 8.85. The van der Waals surface area contributed by atoms with Crippen LogP contribution in [0.15, 0.2) is 44.4 Å². The van der Waals surface area contributed by atoms with Crippen LogP contribution in [-0.2, 0) is 4.79 Å². The molecule has 0 spiro atoms. The van der Waals surface area contributed by atoms with Crippen LogP contribution < -0.4 is 14.9 Å². The zero-order chi connectivity index (χ0) is 20.0. The molecule has 2 aromatic rings. The number of nitro benzene ring substituents is 1. The zero-order valence-electron chi connectivity index (χ0n) is 13.8. The SMILES string of the molecule is COc1ccc(OCC(=O)N/N=C/c2cc([N+](=O)[O-])cc(Br)c2O)c(Br)c1. The number of benzene rings is 2. The predicted octanol–water partition coefficient (Wildman–Crippen LogP) is 3.36. The summed E-state index contributed by atoms with van der Waals surface area (Å²) in [6.07, 6.45) is 1.09. The molecule has 1 amide bonds. The topological polar surface area (TPSA) is 123 Å². The lowest BCUT2D eigenvalue weighted by Crippen LogP contribution is -2.24. The van der Waals surface area contributed by atoms with E-state index in [0.29, 0.717) is 16.0 Å². The molecule has 142 valence electrons. The van der Waals surface area contributed by atoms with Crippen molar-refractivity contribution in [3.05, 3.63) is 55.0 Å². The van der Waals surface area contributed by atoms with Gasteiger partial charge in [0.05, 0.1) is 27.2 Å². The molecule has 0 fully saturated rings. The normalized spacial score (nSPS) is 10.6. The standard InChI is InChI=1S/C16H13Br2N3O6/c1-26-11-2-3-14(12(17)6-11)27-8-15(22)20-19-7-9-4-10(21(24)25)5-13(18)16(9)23/h2-7,23H,8H2,1H3,(H,20,22)/b19-7+. The monoisotopic (exact) mass is 501 g/mol. The lowest BCUT2D eigenvalue weighted by Gasteiger charge is -2.08. The van der Waals surface area contributed by atoms with Gasteiger partial charge in [-0.1, -0.05) is 0 Å². The largest absolute Gasteiger partial charge is 0.506 e. The molecule has 9 nitrogen and oxygen atoms in total. The van der Waals surface area contributed by atoms with Gasteiger partial charge < -0.3 is 14.6 Å². The number of hydrazone groups is 1. The molecule has 0 saturated carbocycles. The van der Waals surface area contributed by atoms with Gasteiger partial charge in [0.25, 0.3) is 11.6 Å². The van der Waals surface area contributed by atoms with Gasteiger partial charge in [-0.15, -0.1) is 0 Å². The molecule has 0 radical (unpaired) electrons. The Morgan fingerprint density at radius 2 is 2.07 bits per heavy atom. The van der Waals surface area contributed by atoms with Crippen molar-refractivity contribution in [3.8, 4) is 17.2 Å². The molecule has 0 aliphatic carbocycles. The van der Waals surface area contributed by atoms with Crippen LogP contribution in [0.4, 0.5) is 5.69 Å². The van der Waals surface area contributed by atoms with E-state index in [1.165, 1.54) is 7.11 Å². The van der Waals surface area contributed by atoms with Crippen molar-refractivity contribution in [3.63, 3.8) is 0 Å². The summed E-state index contributed by atoms with van der Waals surface area (Å²) >= 11 is 6.32. The number of phenolic OH excluding ortho intramolecular Hbond substituents is 1. The van der Waals surface area contributed by atoms with Crippen LogP contribution in [0.5, 0.6) is 17.2 Å². The molecule has 27 heavy (non-hydrogen) atoms. The molecule has 0 bridgehead atoms. The number of nitrogens with zero attached hydrogens (tertiary/aromatic N) is 2. The number of phenols is 1. The number of ether oxygens (including phenoxy) is 2. The van der Waals surface area contributed by atoms with E-state index in [-0.39, 0.29) is 28.1 Å². The first-order chi connectivity index (χ1) is 12.8. The molecule has 2 aromatic carbocycles. The van der Waals surface area contributed by atoms with Gasteiger partial charge in [-0.05, 0) is 50.1 Å². The maximum absolute atomic E-state index is 11.8. The summed E-state index contributed by atoms with van der Waals surface area (Å²) in [7, 11) is 1.53. The van der Waals surface area contributed by atoms with Gasteiger partial charge in [-0.25, -0.2) is 5.43 Å². The first-order valence-electron chi connectivity index (χ1n) is 7.27. The highest BCUT2D eigenvalue weighted by Gasteiger charge is 2.13. The minimum atomic E-state index is -0.610. The molecule has 0 heterocycles. The Bertz CT molecular complexity index is 904. The summed E-state index contributed by atoms with van der Waals surface area (Å²) in [4.78, 5) is 22.0. The van der Waals surface area contributed by atoms with Gasteiger partial charge in [0.15, 0.2) is 6.61 Å². The van der Waals surface area contributed by atoms with Crippen LogP contribution in [0.25, 0.3) is 0 Å². The smallest absolute Gasteiger partial charge is 0.277 e. The Hall–Kier alpha value is -2.66. The first kappa shape index (κ1) is 20.6. The Morgan fingerprint density at radius 3 is 2.70 bits per heavy atom. The number of carbonyl (C=O) groups excluding carboxylic acids is 1. The van der Waals surface area contributed by atoms with Crippen LogP contribution in [-0.4, -0.2) is 35.9 Å². The molecule has 0 unspecified atom stereocenters. The molecule has 2 N–H and O–H groups in total. The van der Waals surface area contributed by atoms with Crippen molar-refractivity contribution in [2.45, 2.75) is 0 Å². The van der Waals surface area contributed by atoms with E-state index in [1.807, 2.05) is 0 Å². The summed E-state index contributed by atoms with van der Waals surface area (Å²) in [5.41, 5.74) is 2.04. The maximum atomic E-state index is 11.8. The van der Waals surface area contributed by atoms with Crippen LogP contribution in [0.3, 0.4) is 0 Å². The highest BCUT2D eigenvalue weighted by Crippen LogP contribution is 2.31. The third-order valence-electron chi connectivity index (χ3n) is 3.18. The lowest BCUT2D eigenvalue weighted by molar-refractivity contribution is -0.385. The number of rotatable bonds is 7. The molecule has 0 aromatic heterocycles. The van der Waals surface area contributed by atoms with E-state index in [1.54, 1.807) is 18.2 Å². The van der Waals surface area contributed by atoms with Gasteiger partial charge >= 0.3 is 0 Å². The average Bonchev–Trinajstić information content (AvgIpc) is 2.63. The highest BCUT2D eigenvalue weighted by molar-refractivity contribution is 9.10. The molecule has 11 heteroatoms. The molecular formula is C16H13Br2N3O6. The van der Waals surface area contributed by atoms with Crippen LogP contribution >= 0.6 is 31.9 Å². The van der Waals surface area contributed by atoms with Gasteiger partial charge in [-0.3, -0.25) is 14.9 Å². The molecule has 0 atom stereocenters. The fourth-order valence-electron chi connectivity index (χ4n) is 1.88. The number of methoxy groups -OCH3 is 1. The van der Waals surface area contributed by atoms with E-state index in [0.717, 1.165) is 18.3 Å². The molecule has 0 aliphatic heterocycles. The molecule has 0 aliphatic rings. The van der Waals surface area contributed by atoms with E-state index < -0.39 is 10.8 Å². The van der Waals surface area contributed by atoms with Crippen molar-refractivity contribution >= 4 is 49.7 Å². The summed E-state index contributed by atoms with van der Waals surface area (Å²) in [6.45, 7) is -0.313. The number of carbonyl (C=O) groups is 1. The van der Waals surface area contributed by atoms with Crippen molar-refractivity contribution in [1.29, 1.82) is 0 Å². The second kappa shape index (κ2) is 9.33. The van der Waals surface area contributed by atoms with Gasteiger partial charge in [-0.2, -0.15) is 5.10 Å².